The van der Waals surface area contributed by atoms with E-state index in [9.17, 15) is 28.8 Å². The fourth-order valence-corrected chi connectivity index (χ4v) is 10.7. The number of benzene rings is 3. The molecule has 0 saturated carbocycles. The van der Waals surface area contributed by atoms with Crippen molar-refractivity contribution in [3.05, 3.63) is 82.9 Å². The number of nitrogens with zero attached hydrogens (tertiary/aromatic N) is 2. The predicted molar refractivity (Wildman–Crippen MR) is 265 cm³/mol. The van der Waals surface area contributed by atoms with Crippen LogP contribution in [0.1, 0.15) is 127 Å². The maximum Gasteiger partial charge on any atom is 0.246 e. The smallest absolute Gasteiger partial charge is 0.246 e. The Hall–Kier alpha value is -5.60. The molecule has 3 aromatic rings. The topological polar surface area (TPSA) is 181 Å². The first-order valence-electron chi connectivity index (χ1n) is 25.1. The summed E-state index contributed by atoms with van der Waals surface area (Å²) in [6.07, 6.45) is 7.85. The molecule has 0 spiro atoms. The molecule has 4 aliphatic rings. The molecule has 6 N–H and O–H groups in total. The van der Waals surface area contributed by atoms with Gasteiger partial charge in [-0.15, -0.1) is 0 Å². The Kier molecular flexibility index (Phi) is 16.4. The van der Waals surface area contributed by atoms with E-state index in [1.165, 1.54) is 11.1 Å². The summed E-state index contributed by atoms with van der Waals surface area (Å²) in [4.78, 5) is 84.8. The maximum atomic E-state index is 14.1. The van der Waals surface area contributed by atoms with Crippen LogP contribution in [0.15, 0.2) is 60.7 Å². The Balaban J connectivity index is 1.03. The summed E-state index contributed by atoms with van der Waals surface area (Å²) >= 11 is 0. The zero-order valence-electron chi connectivity index (χ0n) is 41.4. The van der Waals surface area contributed by atoms with E-state index in [-0.39, 0.29) is 59.4 Å². The summed E-state index contributed by atoms with van der Waals surface area (Å²) in [5, 5.41) is 18.4. The van der Waals surface area contributed by atoms with Crippen LogP contribution in [0.4, 0.5) is 0 Å². The van der Waals surface area contributed by atoms with Crippen LogP contribution in [0, 0.1) is 11.8 Å². The van der Waals surface area contributed by atoms with Gasteiger partial charge in [-0.3, -0.25) is 28.8 Å². The largest absolute Gasteiger partial charge is 0.347 e. The van der Waals surface area contributed by atoms with Gasteiger partial charge in [-0.05, 0) is 148 Å². The molecule has 0 unspecified atom stereocenters. The van der Waals surface area contributed by atoms with Gasteiger partial charge in [0, 0.05) is 13.1 Å². The normalized spacial score (nSPS) is 21.9. The van der Waals surface area contributed by atoms with Crippen LogP contribution in [0.25, 0.3) is 22.3 Å². The fourth-order valence-electron chi connectivity index (χ4n) is 10.7. The van der Waals surface area contributed by atoms with Crippen molar-refractivity contribution in [1.82, 2.24) is 41.7 Å². The number of fused-ring (bicyclic) bond motifs is 2. The van der Waals surface area contributed by atoms with E-state index in [0.29, 0.717) is 25.9 Å². The molecular weight excluding hydrogens is 857 g/mol. The second kappa shape index (κ2) is 22.2. The number of rotatable bonds is 16. The number of nitrogens with one attached hydrogen (secondary N) is 6. The van der Waals surface area contributed by atoms with Crippen molar-refractivity contribution in [3.63, 3.8) is 0 Å². The summed E-state index contributed by atoms with van der Waals surface area (Å²) in [6.45, 7) is 12.1. The molecular formula is C54H74N8O6. The molecule has 2 aliphatic heterocycles. The number of hydrogen-bond donors (Lipinski definition) is 6. The van der Waals surface area contributed by atoms with Crippen LogP contribution < -0.4 is 31.9 Å². The molecule has 2 aliphatic carbocycles. The van der Waals surface area contributed by atoms with E-state index >= 15 is 0 Å². The van der Waals surface area contributed by atoms with Crippen LogP contribution in [0.3, 0.4) is 0 Å². The first-order chi connectivity index (χ1) is 32.6. The van der Waals surface area contributed by atoms with E-state index < -0.39 is 36.3 Å². The van der Waals surface area contributed by atoms with Crippen molar-refractivity contribution < 1.29 is 28.8 Å². The van der Waals surface area contributed by atoms with Crippen molar-refractivity contribution in [2.75, 3.05) is 27.2 Å². The van der Waals surface area contributed by atoms with E-state index in [1.807, 2.05) is 27.7 Å². The lowest BCUT2D eigenvalue weighted by Gasteiger charge is -2.33. The molecule has 68 heavy (non-hydrogen) atoms. The highest BCUT2D eigenvalue weighted by Gasteiger charge is 2.42. The number of hydrogen-bond acceptors (Lipinski definition) is 8. The Labute approximate surface area is 402 Å². The monoisotopic (exact) mass is 931 g/mol. The summed E-state index contributed by atoms with van der Waals surface area (Å²) < 4.78 is 0. The molecule has 2 heterocycles. The number of likely N-dealkylation sites (tertiary alicyclic amines) is 2. The van der Waals surface area contributed by atoms with E-state index in [4.69, 9.17) is 0 Å². The second-order valence-electron chi connectivity index (χ2n) is 20.1. The number of carbonyl (C=O) groups excluding carboxylic acids is 6. The zero-order chi connectivity index (χ0) is 48.8. The first-order valence-corrected chi connectivity index (χ1v) is 25.1. The maximum absolute atomic E-state index is 14.1. The van der Waals surface area contributed by atoms with Gasteiger partial charge in [0.05, 0.1) is 24.2 Å². The number of likely N-dealkylation sites (N-methyl/N-ethyl adjacent to an activating group) is 2. The molecule has 6 amide bonds. The lowest BCUT2D eigenvalue weighted by atomic mass is 9.81. The Morgan fingerprint density at radius 1 is 0.515 bits per heavy atom. The van der Waals surface area contributed by atoms with Crippen molar-refractivity contribution >= 4 is 35.4 Å². The molecule has 7 rings (SSSR count). The van der Waals surface area contributed by atoms with Crippen LogP contribution >= 0.6 is 0 Å². The lowest BCUT2D eigenvalue weighted by molar-refractivity contribution is -0.142. The molecule has 2 fully saturated rings. The highest BCUT2D eigenvalue weighted by molar-refractivity contribution is 5.95. The third-order valence-corrected chi connectivity index (χ3v) is 14.9. The summed E-state index contributed by atoms with van der Waals surface area (Å²) in [5.74, 6) is -1.51. The highest BCUT2D eigenvalue weighted by Crippen LogP contribution is 2.40. The van der Waals surface area contributed by atoms with Crippen LogP contribution in [-0.4, -0.2) is 109 Å². The predicted octanol–water partition coefficient (Wildman–Crippen LogP) is 5.49. The molecule has 0 radical (unpaired) electrons. The average Bonchev–Trinajstić information content (AvgIpc) is 4.05. The number of amides is 6. The molecule has 366 valence electrons. The van der Waals surface area contributed by atoms with Gasteiger partial charge in [0.2, 0.25) is 35.4 Å². The zero-order valence-corrected chi connectivity index (χ0v) is 41.4. The van der Waals surface area contributed by atoms with Crippen LogP contribution in [0.2, 0.25) is 0 Å². The molecule has 3 aromatic carbocycles. The average molecular weight is 931 g/mol. The SMILES string of the molecule is CN[C@@H](C)C(=O)N[C@H](C(=O)N1CCC[C@H]1C(=O)N[C@@H]1CCCc2c(-c3ccc(-c4cccc5c4CCC[C@H]5NC(=O)[C@@H]4CCCN4C(=O)[C@@H](NC(=O)[C@H](C)NC)C(C)C)cc3)cccc21)C(C)C. The second-order valence-corrected chi connectivity index (χ2v) is 20.1. The van der Waals surface area contributed by atoms with Crippen molar-refractivity contribution in [3.8, 4) is 22.3 Å². The van der Waals surface area contributed by atoms with Gasteiger partial charge >= 0.3 is 0 Å². The molecule has 14 nitrogen and oxygen atoms in total. The number of carbonyl (C=O) groups is 6. The first kappa shape index (κ1) is 50.3. The fraction of sp³-hybridized carbons (Fsp3) is 0.556. The quantitative estimate of drug-likeness (QED) is 0.109. The Morgan fingerprint density at radius 3 is 1.25 bits per heavy atom. The van der Waals surface area contributed by atoms with E-state index in [0.717, 1.165) is 84.7 Å². The Bertz CT molecular complexity index is 2170. The van der Waals surface area contributed by atoms with Gasteiger partial charge < -0.3 is 41.7 Å². The third kappa shape index (κ3) is 10.8. The van der Waals surface area contributed by atoms with Gasteiger partial charge in [-0.1, -0.05) is 88.4 Å². The highest BCUT2D eigenvalue weighted by atomic mass is 16.2. The minimum absolute atomic E-state index is 0.142. The van der Waals surface area contributed by atoms with Gasteiger partial charge in [-0.2, -0.15) is 0 Å². The molecule has 14 heteroatoms. The van der Waals surface area contributed by atoms with Gasteiger partial charge in [0.1, 0.15) is 24.2 Å². The Morgan fingerprint density at radius 2 is 0.897 bits per heavy atom. The van der Waals surface area contributed by atoms with E-state index in [2.05, 4.69) is 92.6 Å². The summed E-state index contributed by atoms with van der Waals surface area (Å²) in [5.41, 5.74) is 9.15. The van der Waals surface area contributed by atoms with Gasteiger partial charge in [0.15, 0.2) is 0 Å². The van der Waals surface area contributed by atoms with Gasteiger partial charge in [0.25, 0.3) is 0 Å². The van der Waals surface area contributed by atoms with Crippen molar-refractivity contribution in [1.29, 1.82) is 0 Å². The molecule has 0 bridgehead atoms. The summed E-state index contributed by atoms with van der Waals surface area (Å²) in [6, 6.07) is 17.5. The summed E-state index contributed by atoms with van der Waals surface area (Å²) in [7, 11) is 3.41. The minimum atomic E-state index is -0.722. The van der Waals surface area contributed by atoms with Crippen LogP contribution in [0.5, 0.6) is 0 Å². The van der Waals surface area contributed by atoms with Crippen molar-refractivity contribution in [2.45, 2.75) is 154 Å². The molecule has 8 atom stereocenters. The molecule has 0 aromatic heterocycles. The third-order valence-electron chi connectivity index (χ3n) is 14.9. The minimum Gasteiger partial charge on any atom is -0.347 e. The molecule has 2 saturated heterocycles. The van der Waals surface area contributed by atoms with E-state index in [1.54, 1.807) is 37.7 Å². The van der Waals surface area contributed by atoms with Gasteiger partial charge in [-0.25, -0.2) is 0 Å². The van der Waals surface area contributed by atoms with Crippen LogP contribution in [-0.2, 0) is 41.6 Å². The lowest BCUT2D eigenvalue weighted by Crippen LogP contribution is -2.57. The van der Waals surface area contributed by atoms with Crippen molar-refractivity contribution in [2.24, 2.45) is 11.8 Å². The standard InChI is InChI=1S/C54H74N8O6/c1-31(2)47(59-49(63)33(5)55-7)53(67)61-29-13-23-45(61)51(65)57-43-21-11-17-39-37(15-9-19-41(39)43)35-25-27-36(28-26-35)38-16-10-20-42-40(38)18-12-22-44(42)58-52(66)46-24-14-30-62(46)54(68)48(32(3)4)60-50(64)34(6)56-8/h9-10,15-16,19-20,25-28,31-34,43-48,55-56H,11-14,17-18,21-24,29-30H2,1-8H3,(H,57,65)(H,58,66)(H,59,63)(H,60,64)/t33-,34-,43+,44+,45-,46-,47-,48-/m0/s1.